The van der Waals surface area contributed by atoms with E-state index in [2.05, 4.69) is 26.1 Å². The maximum absolute atomic E-state index is 6.14. The number of rotatable bonds is 2. The lowest BCUT2D eigenvalue weighted by Crippen LogP contribution is -1.96. The summed E-state index contributed by atoms with van der Waals surface area (Å²) in [5, 5.41) is 9.76. The van der Waals surface area contributed by atoms with Gasteiger partial charge in [0.25, 0.3) is 0 Å². The number of H-pyrrole nitrogens is 1. The van der Waals surface area contributed by atoms with Crippen LogP contribution in [0.2, 0.25) is 5.02 Å². The molecule has 0 bridgehead atoms. The van der Waals surface area contributed by atoms with Crippen LogP contribution in [0, 0.1) is 4.77 Å². The summed E-state index contributed by atoms with van der Waals surface area (Å²) in [7, 11) is 0. The Morgan fingerprint density at radius 1 is 1.37 bits per heavy atom. The van der Waals surface area contributed by atoms with Crippen LogP contribution in [0.3, 0.4) is 0 Å². The van der Waals surface area contributed by atoms with Gasteiger partial charge in [0.2, 0.25) is 0 Å². The first-order valence-electron chi connectivity index (χ1n) is 5.33. The van der Waals surface area contributed by atoms with Crippen molar-refractivity contribution in [2.75, 3.05) is 0 Å². The second kappa shape index (κ2) is 5.20. The van der Waals surface area contributed by atoms with Crippen LogP contribution >= 0.6 is 51.1 Å². The van der Waals surface area contributed by atoms with E-state index in [1.54, 1.807) is 11.3 Å². The van der Waals surface area contributed by atoms with E-state index in [-0.39, 0.29) is 0 Å². The number of thiophene rings is 1. The molecule has 0 radical (unpaired) electrons. The molecule has 1 aromatic carbocycles. The predicted octanol–water partition coefficient (Wildman–Crippen LogP) is 5.07. The molecular formula is C12H7BrClN3S2. The fourth-order valence-electron chi connectivity index (χ4n) is 1.73. The van der Waals surface area contributed by atoms with Gasteiger partial charge in [-0.25, -0.2) is 0 Å². The van der Waals surface area contributed by atoms with Crippen LogP contribution < -0.4 is 0 Å². The van der Waals surface area contributed by atoms with Crippen molar-refractivity contribution in [3.05, 3.63) is 50.0 Å². The number of aromatic amines is 1. The lowest BCUT2D eigenvalue weighted by Gasteiger charge is -2.06. The van der Waals surface area contributed by atoms with Gasteiger partial charge < -0.3 is 0 Å². The number of halogens is 2. The molecule has 0 aliphatic rings. The van der Waals surface area contributed by atoms with Crippen LogP contribution in [0.25, 0.3) is 16.4 Å². The molecule has 0 aliphatic heterocycles. The second-order valence-corrected chi connectivity index (χ2v) is 6.36. The van der Waals surface area contributed by atoms with E-state index in [9.17, 15) is 0 Å². The van der Waals surface area contributed by atoms with E-state index in [0.29, 0.717) is 9.79 Å². The van der Waals surface area contributed by atoms with Gasteiger partial charge in [-0.1, -0.05) is 17.7 Å². The Morgan fingerprint density at radius 2 is 2.21 bits per heavy atom. The molecule has 3 aromatic rings. The molecule has 0 spiro atoms. The van der Waals surface area contributed by atoms with Crippen LogP contribution in [0.15, 0.2) is 40.2 Å². The summed E-state index contributed by atoms with van der Waals surface area (Å²) in [4.78, 5) is 1.05. The van der Waals surface area contributed by atoms with Gasteiger partial charge in [-0.15, -0.1) is 11.3 Å². The van der Waals surface area contributed by atoms with Gasteiger partial charge >= 0.3 is 0 Å². The highest BCUT2D eigenvalue weighted by atomic mass is 79.9. The summed E-state index contributed by atoms with van der Waals surface area (Å²) in [5.41, 5.74) is 0.885. The summed E-state index contributed by atoms with van der Waals surface area (Å²) >= 11 is 16.4. The normalized spacial score (nSPS) is 10.8. The number of nitrogens with one attached hydrogen (secondary N) is 1. The summed E-state index contributed by atoms with van der Waals surface area (Å²) in [6, 6.07) is 9.68. The average molecular weight is 373 g/mol. The Morgan fingerprint density at radius 3 is 2.89 bits per heavy atom. The van der Waals surface area contributed by atoms with Gasteiger partial charge in [-0.3, -0.25) is 9.67 Å². The minimum Gasteiger partial charge on any atom is -0.267 e. The zero-order chi connectivity index (χ0) is 13.4. The largest absolute Gasteiger partial charge is 0.267 e. The van der Waals surface area contributed by atoms with Gasteiger partial charge in [0.15, 0.2) is 10.6 Å². The topological polar surface area (TPSA) is 33.6 Å². The first-order chi connectivity index (χ1) is 9.16. The average Bonchev–Trinajstić information content (AvgIpc) is 3.01. The maximum Gasteiger partial charge on any atom is 0.200 e. The third-order valence-electron chi connectivity index (χ3n) is 2.58. The van der Waals surface area contributed by atoms with Crippen molar-refractivity contribution in [1.29, 1.82) is 0 Å². The molecule has 19 heavy (non-hydrogen) atoms. The lowest BCUT2D eigenvalue weighted by atomic mass is 10.3. The molecule has 0 aliphatic carbocycles. The van der Waals surface area contributed by atoms with Crippen molar-refractivity contribution in [1.82, 2.24) is 14.8 Å². The van der Waals surface area contributed by atoms with Crippen molar-refractivity contribution in [2.45, 2.75) is 0 Å². The van der Waals surface area contributed by atoms with Crippen molar-refractivity contribution in [3.63, 3.8) is 0 Å². The minimum atomic E-state index is 0.543. The van der Waals surface area contributed by atoms with Crippen molar-refractivity contribution in [3.8, 4) is 16.4 Å². The van der Waals surface area contributed by atoms with Gasteiger partial charge in [0.1, 0.15) is 0 Å². The SMILES string of the molecule is S=c1[nH]nc(-c2cccs2)n1-c1ccc(Br)c(Cl)c1. The van der Waals surface area contributed by atoms with Crippen LogP contribution in [0.1, 0.15) is 0 Å². The lowest BCUT2D eigenvalue weighted by molar-refractivity contribution is 1.04. The maximum atomic E-state index is 6.14. The van der Waals surface area contributed by atoms with E-state index in [0.717, 1.165) is 20.9 Å². The third kappa shape index (κ3) is 2.41. The highest BCUT2D eigenvalue weighted by Gasteiger charge is 2.12. The Kier molecular flexibility index (Phi) is 3.58. The van der Waals surface area contributed by atoms with Gasteiger partial charge in [0.05, 0.1) is 15.6 Å². The molecule has 0 unspecified atom stereocenters. The van der Waals surface area contributed by atoms with Crippen LogP contribution in [-0.4, -0.2) is 14.8 Å². The zero-order valence-electron chi connectivity index (χ0n) is 9.43. The third-order valence-corrected chi connectivity index (χ3v) is 4.95. The molecule has 0 atom stereocenters. The first-order valence-corrected chi connectivity index (χ1v) is 7.79. The summed E-state index contributed by atoms with van der Waals surface area (Å²) in [6.45, 7) is 0. The fourth-order valence-corrected chi connectivity index (χ4v) is 3.09. The quantitative estimate of drug-likeness (QED) is 0.637. The van der Waals surface area contributed by atoms with Gasteiger partial charge in [-0.05, 0) is 57.8 Å². The molecular weight excluding hydrogens is 366 g/mol. The van der Waals surface area contributed by atoms with Gasteiger partial charge in [0, 0.05) is 4.47 Å². The monoisotopic (exact) mass is 371 g/mol. The molecule has 0 fully saturated rings. The number of hydrogen-bond acceptors (Lipinski definition) is 3. The van der Waals surface area contributed by atoms with Crippen LogP contribution in [0.5, 0.6) is 0 Å². The highest BCUT2D eigenvalue weighted by molar-refractivity contribution is 9.10. The molecule has 2 heterocycles. The van der Waals surface area contributed by atoms with E-state index in [1.165, 1.54) is 0 Å². The van der Waals surface area contributed by atoms with Crippen LogP contribution in [-0.2, 0) is 0 Å². The van der Waals surface area contributed by atoms with E-state index >= 15 is 0 Å². The number of benzene rings is 1. The Bertz CT molecular complexity index is 777. The van der Waals surface area contributed by atoms with Crippen molar-refractivity contribution < 1.29 is 0 Å². The molecule has 3 nitrogen and oxygen atoms in total. The standard InChI is InChI=1S/C12H7BrClN3S2/c13-8-4-3-7(6-9(8)14)17-11(15-16-12(17)18)10-2-1-5-19-10/h1-6H,(H,16,18). The number of hydrogen-bond donors (Lipinski definition) is 1. The summed E-state index contributed by atoms with van der Waals surface area (Å²) in [6.07, 6.45) is 0. The van der Waals surface area contributed by atoms with E-state index < -0.39 is 0 Å². The predicted molar refractivity (Wildman–Crippen MR) is 84.8 cm³/mol. The highest BCUT2D eigenvalue weighted by Crippen LogP contribution is 2.29. The first kappa shape index (κ1) is 13.1. The van der Waals surface area contributed by atoms with Crippen molar-refractivity contribution >= 4 is 51.1 Å². The molecule has 2 aromatic heterocycles. The zero-order valence-corrected chi connectivity index (χ0v) is 13.4. The van der Waals surface area contributed by atoms with Gasteiger partial charge in [-0.2, -0.15) is 5.10 Å². The van der Waals surface area contributed by atoms with E-state index in [1.807, 2.05) is 40.3 Å². The second-order valence-electron chi connectivity index (χ2n) is 3.76. The molecule has 3 rings (SSSR count). The van der Waals surface area contributed by atoms with Crippen LogP contribution in [0.4, 0.5) is 0 Å². The minimum absolute atomic E-state index is 0.543. The molecule has 0 saturated carbocycles. The summed E-state index contributed by atoms with van der Waals surface area (Å²) in [5.74, 6) is 0.790. The summed E-state index contributed by atoms with van der Waals surface area (Å²) < 4.78 is 3.27. The molecule has 96 valence electrons. The van der Waals surface area contributed by atoms with E-state index in [4.69, 9.17) is 23.8 Å². The molecule has 1 N–H and O–H groups in total. The molecule has 7 heteroatoms. The number of nitrogens with zero attached hydrogens (tertiary/aromatic N) is 2. The van der Waals surface area contributed by atoms with Crippen molar-refractivity contribution in [2.24, 2.45) is 0 Å². The Labute approximate surface area is 132 Å². The molecule has 0 amide bonds. The smallest absolute Gasteiger partial charge is 0.200 e. The molecule has 0 saturated heterocycles. The Hall–Kier alpha value is -0.950. The Balaban J connectivity index is 2.22. The number of aromatic nitrogens is 3. The fraction of sp³-hybridized carbons (Fsp3) is 0.